The lowest BCUT2D eigenvalue weighted by Crippen LogP contribution is -2.02. The molecule has 1 aromatic carbocycles. The van der Waals surface area contributed by atoms with Crippen molar-refractivity contribution in [2.24, 2.45) is 5.16 Å². The Balaban J connectivity index is 2.48. The van der Waals surface area contributed by atoms with Gasteiger partial charge in [0.2, 0.25) is 0 Å². The molecular formula is C12H10BrNO3. The fourth-order valence-electron chi connectivity index (χ4n) is 1.49. The number of rotatable bonds is 2. The number of oxime groups is 1. The predicted octanol–water partition coefficient (Wildman–Crippen LogP) is 2.77. The lowest BCUT2D eigenvalue weighted by molar-refractivity contribution is -0.136. The van der Waals surface area contributed by atoms with Crippen LogP contribution in [0.1, 0.15) is 12.5 Å². The van der Waals surface area contributed by atoms with Crippen LogP contribution in [-0.2, 0) is 9.63 Å². The Labute approximate surface area is 107 Å². The van der Waals surface area contributed by atoms with Crippen LogP contribution in [-0.4, -0.2) is 18.8 Å². The van der Waals surface area contributed by atoms with Crippen molar-refractivity contribution < 1.29 is 14.4 Å². The summed E-state index contributed by atoms with van der Waals surface area (Å²) in [7, 11) is 1.58. The Kier molecular flexibility index (Phi) is 3.28. The minimum atomic E-state index is -0.440. The van der Waals surface area contributed by atoms with Crippen molar-refractivity contribution in [1.29, 1.82) is 0 Å². The Hall–Kier alpha value is -1.62. The van der Waals surface area contributed by atoms with Crippen LogP contribution in [0.2, 0.25) is 0 Å². The van der Waals surface area contributed by atoms with Crippen molar-refractivity contribution in [3.8, 4) is 5.75 Å². The highest BCUT2D eigenvalue weighted by molar-refractivity contribution is 9.10. The first-order chi connectivity index (χ1) is 8.11. The van der Waals surface area contributed by atoms with Crippen LogP contribution in [0.15, 0.2) is 33.4 Å². The second-order valence-electron chi connectivity index (χ2n) is 3.50. The first-order valence-electron chi connectivity index (χ1n) is 4.93. The maximum absolute atomic E-state index is 11.4. The van der Waals surface area contributed by atoms with E-state index in [2.05, 4.69) is 25.9 Å². The molecule has 0 unspecified atom stereocenters. The normalized spacial score (nSPS) is 17.0. The van der Waals surface area contributed by atoms with E-state index in [1.807, 2.05) is 18.2 Å². The van der Waals surface area contributed by atoms with Crippen LogP contribution in [0.3, 0.4) is 0 Å². The topological polar surface area (TPSA) is 47.9 Å². The molecule has 0 atom stereocenters. The van der Waals surface area contributed by atoms with E-state index in [1.165, 1.54) is 0 Å². The molecule has 0 amide bonds. The summed E-state index contributed by atoms with van der Waals surface area (Å²) in [6, 6.07) is 5.56. The molecular weight excluding hydrogens is 286 g/mol. The monoisotopic (exact) mass is 295 g/mol. The third kappa shape index (κ3) is 2.39. The first-order valence-corrected chi connectivity index (χ1v) is 5.72. The molecule has 0 spiro atoms. The van der Waals surface area contributed by atoms with Crippen molar-refractivity contribution in [2.75, 3.05) is 7.11 Å². The van der Waals surface area contributed by atoms with Gasteiger partial charge in [0, 0.05) is 10.0 Å². The first kappa shape index (κ1) is 11.9. The average Bonchev–Trinajstić information content (AvgIpc) is 2.61. The number of carbonyl (C=O) groups is 1. The van der Waals surface area contributed by atoms with Crippen LogP contribution >= 0.6 is 15.9 Å². The van der Waals surface area contributed by atoms with Crippen LogP contribution in [0, 0.1) is 0 Å². The van der Waals surface area contributed by atoms with Crippen LogP contribution in [0.4, 0.5) is 0 Å². The van der Waals surface area contributed by atoms with Gasteiger partial charge in [0.1, 0.15) is 5.75 Å². The summed E-state index contributed by atoms with van der Waals surface area (Å²) < 4.78 is 6.13. The van der Waals surface area contributed by atoms with Crippen molar-refractivity contribution in [3.05, 3.63) is 33.8 Å². The van der Waals surface area contributed by atoms with Gasteiger partial charge in [0.05, 0.1) is 18.4 Å². The molecule has 1 aliphatic rings. The smallest absolute Gasteiger partial charge is 0.367 e. The zero-order valence-corrected chi connectivity index (χ0v) is 10.9. The summed E-state index contributed by atoms with van der Waals surface area (Å²) in [5.41, 5.74) is 1.81. The molecule has 0 radical (unpaired) electrons. The van der Waals surface area contributed by atoms with Gasteiger partial charge in [-0.3, -0.25) is 0 Å². The van der Waals surface area contributed by atoms with Crippen LogP contribution < -0.4 is 4.74 Å². The van der Waals surface area contributed by atoms with E-state index < -0.39 is 5.97 Å². The van der Waals surface area contributed by atoms with E-state index in [9.17, 15) is 4.79 Å². The molecule has 0 N–H and O–H groups in total. The van der Waals surface area contributed by atoms with Crippen molar-refractivity contribution in [1.82, 2.24) is 0 Å². The van der Waals surface area contributed by atoms with Gasteiger partial charge >= 0.3 is 5.97 Å². The standard InChI is InChI=1S/C12H10BrNO3/c1-7-10(12(15)17-14-7)6-8-5-9(13)3-4-11(8)16-2/h3-6H,1-2H3/b10-6-. The molecule has 1 aromatic rings. The second-order valence-corrected chi connectivity index (χ2v) is 4.42. The quantitative estimate of drug-likeness (QED) is 0.623. The summed E-state index contributed by atoms with van der Waals surface area (Å²) in [4.78, 5) is 16.0. The number of carbonyl (C=O) groups excluding carboxylic acids is 1. The third-order valence-corrected chi connectivity index (χ3v) is 2.86. The number of benzene rings is 1. The maximum atomic E-state index is 11.4. The second kappa shape index (κ2) is 4.71. The lowest BCUT2D eigenvalue weighted by atomic mass is 10.1. The molecule has 0 bridgehead atoms. The van der Waals surface area contributed by atoms with Crippen molar-refractivity contribution in [2.45, 2.75) is 6.92 Å². The summed E-state index contributed by atoms with van der Waals surface area (Å²) in [6.07, 6.45) is 1.71. The van der Waals surface area contributed by atoms with Crippen LogP contribution in [0.5, 0.6) is 5.75 Å². The van der Waals surface area contributed by atoms with Gasteiger partial charge in [-0.25, -0.2) is 4.79 Å². The minimum absolute atomic E-state index is 0.440. The largest absolute Gasteiger partial charge is 0.496 e. The van der Waals surface area contributed by atoms with Gasteiger partial charge in [-0.2, -0.15) is 0 Å². The number of nitrogens with zero attached hydrogens (tertiary/aromatic N) is 1. The fourth-order valence-corrected chi connectivity index (χ4v) is 1.87. The summed E-state index contributed by atoms with van der Waals surface area (Å²) in [5.74, 6) is 0.248. The molecule has 0 fully saturated rings. The van der Waals surface area contributed by atoms with Gasteiger partial charge in [-0.15, -0.1) is 0 Å². The van der Waals surface area contributed by atoms with Crippen LogP contribution in [0.25, 0.3) is 6.08 Å². The number of hydrogen-bond donors (Lipinski definition) is 0. The van der Waals surface area contributed by atoms with Gasteiger partial charge in [0.15, 0.2) is 0 Å². The van der Waals surface area contributed by atoms with Gasteiger partial charge in [-0.1, -0.05) is 21.1 Å². The highest BCUT2D eigenvalue weighted by Crippen LogP contribution is 2.26. The molecule has 0 saturated heterocycles. The zero-order valence-electron chi connectivity index (χ0n) is 9.36. The van der Waals surface area contributed by atoms with Gasteiger partial charge in [-0.05, 0) is 31.2 Å². The number of ether oxygens (including phenoxy) is 1. The lowest BCUT2D eigenvalue weighted by Gasteiger charge is -2.05. The van der Waals surface area contributed by atoms with Gasteiger partial charge < -0.3 is 9.57 Å². The van der Waals surface area contributed by atoms with E-state index >= 15 is 0 Å². The molecule has 1 aliphatic heterocycles. The average molecular weight is 296 g/mol. The fraction of sp³-hybridized carbons (Fsp3) is 0.167. The van der Waals surface area contributed by atoms with E-state index in [4.69, 9.17) is 4.74 Å². The highest BCUT2D eigenvalue weighted by atomic mass is 79.9. The maximum Gasteiger partial charge on any atom is 0.367 e. The number of halogens is 1. The molecule has 1 heterocycles. The number of hydrogen-bond acceptors (Lipinski definition) is 4. The Morgan fingerprint density at radius 3 is 2.82 bits per heavy atom. The van der Waals surface area contributed by atoms with Crippen molar-refractivity contribution >= 4 is 33.7 Å². The SMILES string of the molecule is COc1ccc(Br)cc1/C=C1\C(=O)ON=C1C. The van der Waals surface area contributed by atoms with Gasteiger partial charge in [0.25, 0.3) is 0 Å². The van der Waals surface area contributed by atoms with Crippen molar-refractivity contribution in [3.63, 3.8) is 0 Å². The van der Waals surface area contributed by atoms with E-state index in [-0.39, 0.29) is 0 Å². The zero-order chi connectivity index (χ0) is 12.4. The molecule has 0 aliphatic carbocycles. The molecule has 0 aromatic heterocycles. The highest BCUT2D eigenvalue weighted by Gasteiger charge is 2.22. The number of methoxy groups -OCH3 is 1. The predicted molar refractivity (Wildman–Crippen MR) is 67.9 cm³/mol. The molecule has 88 valence electrons. The third-order valence-electron chi connectivity index (χ3n) is 2.37. The summed E-state index contributed by atoms with van der Waals surface area (Å²) in [6.45, 7) is 1.72. The Morgan fingerprint density at radius 2 is 2.24 bits per heavy atom. The molecule has 0 saturated carbocycles. The summed E-state index contributed by atoms with van der Waals surface area (Å²) >= 11 is 3.37. The van der Waals surface area contributed by atoms with E-state index in [0.717, 1.165) is 10.0 Å². The minimum Gasteiger partial charge on any atom is -0.496 e. The van der Waals surface area contributed by atoms with E-state index in [1.54, 1.807) is 20.1 Å². The summed E-state index contributed by atoms with van der Waals surface area (Å²) in [5, 5.41) is 3.62. The van der Waals surface area contributed by atoms with E-state index in [0.29, 0.717) is 17.0 Å². The Bertz CT molecular complexity index is 535. The molecule has 17 heavy (non-hydrogen) atoms. The molecule has 4 nitrogen and oxygen atoms in total. The molecule has 5 heteroatoms. The Morgan fingerprint density at radius 1 is 1.47 bits per heavy atom. The molecule has 2 rings (SSSR count).